The number of likely N-dealkylation sites (tertiary alicyclic amines) is 1. The Morgan fingerprint density at radius 2 is 1.22 bits per heavy atom. The van der Waals surface area contributed by atoms with Gasteiger partial charge in [0, 0.05) is 73.7 Å². The van der Waals surface area contributed by atoms with Crippen LogP contribution < -0.4 is 21.3 Å². The molecule has 6 aliphatic rings. The van der Waals surface area contributed by atoms with Gasteiger partial charge in [-0.3, -0.25) is 33.7 Å². The van der Waals surface area contributed by atoms with Crippen LogP contribution in [0.25, 0.3) is 21.3 Å². The third-order valence-electron chi connectivity index (χ3n) is 16.1. The van der Waals surface area contributed by atoms with Crippen molar-refractivity contribution >= 4 is 62.8 Å². The number of carbonyl (C=O) groups is 7. The second-order valence-corrected chi connectivity index (χ2v) is 24.3. The first-order valence-corrected chi connectivity index (χ1v) is 34.1. The third-order valence-corrected chi connectivity index (χ3v) is 17.4. The van der Waals surface area contributed by atoms with E-state index in [4.69, 9.17) is 0 Å². The number of piperidine rings is 4. The van der Waals surface area contributed by atoms with E-state index >= 15 is 0 Å². The molecule has 0 spiro atoms. The van der Waals surface area contributed by atoms with E-state index in [9.17, 15) is 43.8 Å². The van der Waals surface area contributed by atoms with Crippen molar-refractivity contribution in [2.45, 2.75) is 210 Å². The van der Waals surface area contributed by atoms with E-state index in [0.717, 1.165) is 49.3 Å². The van der Waals surface area contributed by atoms with Gasteiger partial charge < -0.3 is 62.7 Å². The van der Waals surface area contributed by atoms with Gasteiger partial charge in [-0.25, -0.2) is 14.8 Å². The van der Waals surface area contributed by atoms with Gasteiger partial charge in [0.15, 0.2) is 0 Å². The maximum atomic E-state index is 13.4. The topological polar surface area (TPSA) is 325 Å². The molecule has 1 aliphatic carbocycles. The average molecular weight is 1360 g/mol. The van der Waals surface area contributed by atoms with Crippen LogP contribution in [0.4, 0.5) is 0 Å². The summed E-state index contributed by atoms with van der Waals surface area (Å²) in [4.78, 5) is 106. The van der Waals surface area contributed by atoms with E-state index in [1.807, 2.05) is 13.8 Å². The SMILES string of the molecule is C1CCC(C2CCCC[N-]2)[N-]C1.C1CCC(C2CCCC[N-]2)[N-]C1.CC(C)CC(NC(=O)C(C)Cc1cnc[nH]1)C(=O)NC(C(=O)NC(CSC1CC(=O)N(CC2CCC(C(=O)NCCc3cnc[nH]3)CC2)C1=O)C(=O)O)C(C)O.[Cl][Os]. The zero-order valence-electron chi connectivity index (χ0n) is 48.4. The minimum absolute atomic E-state index is 0.0125. The van der Waals surface area contributed by atoms with Crippen LogP contribution in [0, 0.1) is 23.7 Å². The van der Waals surface area contributed by atoms with Crippen LogP contribution in [-0.4, -0.2) is 175 Å². The molecule has 0 bridgehead atoms. The zero-order chi connectivity index (χ0) is 59.4. The van der Waals surface area contributed by atoms with Crippen LogP contribution in [0.3, 0.4) is 0 Å². The van der Waals surface area contributed by atoms with E-state index in [0.29, 0.717) is 69.2 Å². The van der Waals surface area contributed by atoms with E-state index in [1.165, 1.54) is 113 Å². The molecule has 8 N–H and O–H groups in total. The molecule has 5 aliphatic heterocycles. The van der Waals surface area contributed by atoms with Gasteiger partial charge in [0.1, 0.15) is 18.1 Å². The predicted octanol–water partition coefficient (Wildman–Crippen LogP) is 6.67. The maximum absolute atomic E-state index is 13.4. The van der Waals surface area contributed by atoms with Crippen LogP contribution in [0.2, 0.25) is 0 Å². The number of imide groups is 1. The van der Waals surface area contributed by atoms with Gasteiger partial charge in [0.25, 0.3) is 0 Å². The molecule has 8 rings (SSSR count). The Morgan fingerprint density at radius 1 is 0.707 bits per heavy atom. The number of aliphatic hydroxyl groups excluding tert-OH is 1. The summed E-state index contributed by atoms with van der Waals surface area (Å²) in [6.07, 6.45) is 24.6. The molecule has 0 aromatic carbocycles. The molecule has 0 radical (unpaired) electrons. The predicted molar refractivity (Wildman–Crippen MR) is 314 cm³/mol. The Morgan fingerprint density at radius 3 is 1.67 bits per heavy atom. The standard InChI is InChI=1S/C37H55N9O9S.2C10H18N2.ClH.Os/c1-20(2)11-27(43-32(49)21(3)12-26-15-39-19-42-26)34(51)45-31(22(4)47)35(52)44-28(37(54)55)17-56-29-13-30(48)46(36(29)53)16-23-5-7-24(8-6-23)33(50)40-10-9-25-14-38-18-41-25;2*1-3-7-11-9(5-1)10-6-2-4-8-12-10;;/h14-15,18-24,27-29,31,47H,5-13,16-17H2,1-4H3,(H,38,41)(H,39,42)(H,40,50)(H,43,49)(H,44,52)(H,45,51)(H,54,55);2*9-10H,1-8H2;1H;/q;2*-2;;+1/p-1. The van der Waals surface area contributed by atoms with Crippen LogP contribution in [0.1, 0.15) is 155 Å². The molecule has 82 heavy (non-hydrogen) atoms. The molecule has 22 nitrogen and oxygen atoms in total. The number of carboxylic acid groups (broad SMARTS) is 1. The third kappa shape index (κ3) is 23.4. The Hall–Kier alpha value is -4.01. The number of imidazole rings is 2. The van der Waals surface area contributed by atoms with Crippen LogP contribution in [0.5, 0.6) is 0 Å². The number of nitrogens with zero attached hydrogens (tertiary/aromatic N) is 7. The van der Waals surface area contributed by atoms with Gasteiger partial charge >= 0.3 is 33.2 Å². The van der Waals surface area contributed by atoms with Crippen molar-refractivity contribution in [3.63, 3.8) is 0 Å². The number of carboxylic acids is 1. The molecule has 7 heterocycles. The van der Waals surface area contributed by atoms with E-state index in [2.05, 4.69) is 72.1 Å². The number of aromatic amines is 2. The molecule has 2 aromatic rings. The summed E-state index contributed by atoms with van der Waals surface area (Å²) in [6.45, 7) is 11.8. The number of amides is 6. The second kappa shape index (κ2) is 37.4. The van der Waals surface area contributed by atoms with Crippen LogP contribution in [-0.2, 0) is 64.0 Å². The first kappa shape index (κ1) is 68.8. The van der Waals surface area contributed by atoms with Gasteiger partial charge in [-0.15, -0.1) is 37.9 Å². The van der Waals surface area contributed by atoms with Crippen LogP contribution in [0.15, 0.2) is 25.0 Å². The Kier molecular flexibility index (Phi) is 31.4. The molecule has 5 saturated heterocycles. The van der Waals surface area contributed by atoms with Crippen molar-refractivity contribution in [3.8, 4) is 0 Å². The summed E-state index contributed by atoms with van der Waals surface area (Å²) < 4.78 is 0. The molecule has 10 unspecified atom stereocenters. The number of nitrogens with one attached hydrogen (secondary N) is 6. The van der Waals surface area contributed by atoms with Crippen molar-refractivity contribution in [2.75, 3.05) is 45.0 Å². The Balaban J connectivity index is 0.000000380. The number of thioether (sulfide) groups is 1. The first-order chi connectivity index (χ1) is 39.6. The second-order valence-electron chi connectivity index (χ2n) is 23.1. The molecule has 6 fully saturated rings. The zero-order valence-corrected chi connectivity index (χ0v) is 52.5. The fourth-order valence-corrected chi connectivity index (χ4v) is 12.6. The van der Waals surface area contributed by atoms with E-state index in [1.54, 1.807) is 25.6 Å². The first-order valence-electron chi connectivity index (χ1n) is 29.9. The van der Waals surface area contributed by atoms with Crippen molar-refractivity contribution in [1.82, 2.24) is 46.1 Å². The monoisotopic (exact) mass is 1360 g/mol. The van der Waals surface area contributed by atoms with Crippen molar-refractivity contribution in [3.05, 3.63) is 57.7 Å². The number of rotatable bonds is 23. The molecule has 6 amide bonds. The molecular formula is C57H91ClN13O9OsS-4. The molecule has 463 valence electrons. The number of hydrogen-bond acceptors (Lipinski definition) is 11. The molecule has 2 aromatic heterocycles. The number of aliphatic hydroxyl groups is 1. The quantitative estimate of drug-likeness (QED) is 0.0541. The molecular weight excluding hydrogens is 1270 g/mol. The summed E-state index contributed by atoms with van der Waals surface area (Å²) in [5.74, 6) is -5.21. The summed E-state index contributed by atoms with van der Waals surface area (Å²) >= 11 is 2.27. The number of H-pyrrole nitrogens is 2. The number of aliphatic carboxylic acids is 1. The van der Waals surface area contributed by atoms with E-state index < -0.39 is 65.0 Å². The van der Waals surface area contributed by atoms with Crippen LogP contribution >= 0.6 is 21.4 Å². The average Bonchev–Trinajstić information content (AvgIpc) is 4.37. The number of aromatic nitrogens is 4. The van der Waals surface area contributed by atoms with E-state index in [-0.39, 0.29) is 54.7 Å². The Bertz CT molecular complexity index is 2140. The van der Waals surface area contributed by atoms with Gasteiger partial charge in [0.05, 0.1) is 24.0 Å². The molecule has 25 heteroatoms. The summed E-state index contributed by atoms with van der Waals surface area (Å²) in [5.41, 5.74) is 1.67. The van der Waals surface area contributed by atoms with Gasteiger partial charge in [0.2, 0.25) is 35.4 Å². The van der Waals surface area contributed by atoms with Crippen molar-refractivity contribution in [1.29, 1.82) is 0 Å². The van der Waals surface area contributed by atoms with Gasteiger partial charge in [-0.05, 0) is 50.9 Å². The fraction of sp³-hybridized carbons (Fsp3) is 0.772. The normalized spacial score (nSPS) is 25.7. The van der Waals surface area contributed by atoms with Gasteiger partial charge in [-0.1, -0.05) is 97.8 Å². The number of carbonyl (C=O) groups excluding carboxylic acids is 6. The fourth-order valence-electron chi connectivity index (χ4n) is 11.4. The minimum atomic E-state index is -1.56. The number of hydrogen-bond donors (Lipinski definition) is 8. The molecule has 1 saturated carbocycles. The van der Waals surface area contributed by atoms with Crippen molar-refractivity contribution < 1.29 is 61.4 Å². The van der Waals surface area contributed by atoms with Gasteiger partial charge in [-0.2, -0.15) is 24.2 Å². The molecule has 10 atom stereocenters. The summed E-state index contributed by atoms with van der Waals surface area (Å²) in [5, 5.41) is 48.7. The van der Waals surface area contributed by atoms with Crippen molar-refractivity contribution in [2.24, 2.45) is 23.7 Å². The summed E-state index contributed by atoms with van der Waals surface area (Å²) in [7, 11) is 4.67. The Labute approximate surface area is 503 Å². The number of halogens is 1. The summed E-state index contributed by atoms with van der Waals surface area (Å²) in [6, 6.07) is -1.73.